The Hall–Kier alpha value is -6.78. The fourth-order valence-electron chi connectivity index (χ4n) is 9.30. The van der Waals surface area contributed by atoms with Crippen molar-refractivity contribution in [1.29, 1.82) is 0 Å². The molecule has 0 spiro atoms. The molecule has 4 fully saturated rings. The number of nitrogens with one attached hydrogen (secondary N) is 7. The van der Waals surface area contributed by atoms with Gasteiger partial charge in [0.1, 0.15) is 77.0 Å². The quantitative estimate of drug-likeness (QED) is 0.0740. The van der Waals surface area contributed by atoms with E-state index < -0.39 is 138 Å². The molecule has 27 heteroatoms. The van der Waals surface area contributed by atoms with E-state index in [1.165, 1.54) is 72.8 Å². The first-order valence-corrected chi connectivity index (χ1v) is 25.9. The van der Waals surface area contributed by atoms with Gasteiger partial charge in [-0.3, -0.25) is 49.0 Å². The Balaban J connectivity index is 1.22. The number of nitrogens with two attached hydrogens (primary N) is 1. The van der Waals surface area contributed by atoms with Gasteiger partial charge in [-0.1, -0.05) is 36.4 Å². The molecule has 0 aromatic heterocycles. The number of amides is 6. The lowest BCUT2D eigenvalue weighted by Gasteiger charge is -2.44. The number of aromatic hydroxyl groups is 3. The van der Waals surface area contributed by atoms with E-state index in [9.17, 15) is 73.8 Å². The molecule has 0 bridgehead atoms. The molecule has 4 saturated heterocycles. The summed E-state index contributed by atoms with van der Waals surface area (Å²) >= 11 is 3.11. The van der Waals surface area contributed by atoms with Gasteiger partial charge in [-0.25, -0.2) is 4.79 Å². The van der Waals surface area contributed by atoms with Crippen LogP contribution in [0.15, 0.2) is 72.8 Å². The highest BCUT2D eigenvalue weighted by Crippen LogP contribution is 2.51. The molecule has 24 nitrogen and oxygen atoms in total. The van der Waals surface area contributed by atoms with Crippen LogP contribution in [-0.4, -0.2) is 156 Å². The zero-order valence-electron chi connectivity index (χ0n) is 41.0. The molecule has 7 rings (SSSR count). The van der Waals surface area contributed by atoms with Crippen molar-refractivity contribution in [3.8, 4) is 17.2 Å². The van der Waals surface area contributed by atoms with Crippen LogP contribution in [0.3, 0.4) is 0 Å². The molecule has 402 valence electrons. The number of carbonyl (C=O) groups is 9. The van der Waals surface area contributed by atoms with E-state index in [-0.39, 0.29) is 33.9 Å². The molecule has 4 heterocycles. The zero-order chi connectivity index (χ0) is 55.2. The van der Waals surface area contributed by atoms with E-state index in [0.717, 1.165) is 40.2 Å². The highest BCUT2D eigenvalue weighted by Gasteiger charge is 2.64. The monoisotopic (exact) mass is 1100 g/mol. The van der Waals surface area contributed by atoms with E-state index in [4.69, 9.17) is 5.73 Å². The van der Waals surface area contributed by atoms with Crippen LogP contribution in [0.25, 0.3) is 0 Å². The van der Waals surface area contributed by atoms with Crippen LogP contribution in [0.4, 0.5) is 0 Å². The minimum absolute atomic E-state index is 0.00823. The molecule has 0 saturated carbocycles. The number of nitrogens with zero attached hydrogens (tertiary/aromatic N) is 1. The number of benzene rings is 3. The van der Waals surface area contributed by atoms with Gasteiger partial charge in [0.2, 0.25) is 35.4 Å². The lowest BCUT2D eigenvalue weighted by molar-refractivity contribution is -0.161. The number of carbonyl (C=O) groups excluding carboxylic acids is 6. The Kier molecular flexibility index (Phi) is 16.0. The summed E-state index contributed by atoms with van der Waals surface area (Å²) in [6.45, 7) is 9.66. The number of phenols is 3. The maximum atomic E-state index is 15.0. The second-order valence-corrected chi connectivity index (χ2v) is 25.2. The number of carboxylic acids is 3. The molecule has 3 aromatic rings. The lowest BCUT2D eigenvalue weighted by Crippen LogP contribution is -2.71. The van der Waals surface area contributed by atoms with Gasteiger partial charge in [-0.2, -0.15) is 0 Å². The Morgan fingerprint density at radius 2 is 0.920 bits per heavy atom. The second kappa shape index (κ2) is 21.5. The molecule has 4 aliphatic heterocycles. The predicted octanol–water partition coefficient (Wildman–Crippen LogP) is -0.0919. The lowest BCUT2D eigenvalue weighted by atomic mass is 9.95. The third kappa shape index (κ3) is 11.7. The molecule has 12 atom stereocenters. The van der Waals surface area contributed by atoms with Gasteiger partial charge in [0.15, 0.2) is 0 Å². The average Bonchev–Trinajstić information content (AvgIpc) is 3.94. The van der Waals surface area contributed by atoms with Crippen LogP contribution < -0.4 is 43.0 Å². The summed E-state index contributed by atoms with van der Waals surface area (Å²) < 4.78 is -3.16. The molecule has 6 amide bonds. The summed E-state index contributed by atoms with van der Waals surface area (Å²) in [5.74, 6) is -10.2. The van der Waals surface area contributed by atoms with Crippen LogP contribution >= 0.6 is 35.3 Å². The zero-order valence-corrected chi connectivity index (χ0v) is 43.4. The van der Waals surface area contributed by atoms with Crippen LogP contribution in [-0.2, 0) is 43.2 Å². The number of thioether (sulfide) groups is 3. The van der Waals surface area contributed by atoms with Gasteiger partial charge in [-0.15, -0.1) is 35.3 Å². The first-order chi connectivity index (χ1) is 35.0. The van der Waals surface area contributed by atoms with Crippen molar-refractivity contribution in [2.24, 2.45) is 5.73 Å². The first kappa shape index (κ1) is 56.0. The molecular weight excluding hydrogens is 1040 g/mol. The van der Waals surface area contributed by atoms with Crippen molar-refractivity contribution in [1.82, 2.24) is 42.1 Å². The molecule has 3 aromatic carbocycles. The highest BCUT2D eigenvalue weighted by molar-refractivity contribution is 8.02. The Morgan fingerprint density at radius 3 is 1.31 bits per heavy atom. The molecule has 0 aliphatic carbocycles. The van der Waals surface area contributed by atoms with E-state index in [2.05, 4.69) is 37.2 Å². The number of hydrogen-bond donors (Lipinski definition) is 14. The topological polar surface area (TPSA) is 388 Å². The fourth-order valence-corrected chi connectivity index (χ4v) is 13.9. The normalized spacial score (nSPS) is 25.9. The van der Waals surface area contributed by atoms with Crippen LogP contribution in [0.1, 0.15) is 76.4 Å². The summed E-state index contributed by atoms with van der Waals surface area (Å²) in [5.41, 5.74) is 6.62. The SMILES string of the molecule is CC1(C)S[C@@H]2[C@H](NC(=O)C(NC(=O)C(NC(=O)C(NC(=O)C(NC(=O)[C@H](N)c3ccc(O)cc3)C3N[C@@H](C(=O)O)C(C)(C)S3)c3ccc(O)cc3)C3N[C@@H](C(=O)O)C(C)(C)S3)c3ccc(O)cc3)C(=O)N2[C@H]1C(=O)O. The van der Waals surface area contributed by atoms with E-state index in [1.807, 2.05) is 0 Å². The van der Waals surface area contributed by atoms with Crippen molar-refractivity contribution in [2.75, 3.05) is 0 Å². The van der Waals surface area contributed by atoms with Crippen molar-refractivity contribution in [2.45, 2.75) is 126 Å². The predicted molar refractivity (Wildman–Crippen MR) is 273 cm³/mol. The molecule has 6 unspecified atom stereocenters. The Morgan fingerprint density at radius 1 is 0.533 bits per heavy atom. The third-order valence-electron chi connectivity index (χ3n) is 13.2. The Labute approximate surface area is 441 Å². The molecule has 0 radical (unpaired) electrons. The van der Waals surface area contributed by atoms with Crippen LogP contribution in [0.2, 0.25) is 0 Å². The van der Waals surface area contributed by atoms with Crippen molar-refractivity contribution in [3.05, 3.63) is 89.5 Å². The summed E-state index contributed by atoms with van der Waals surface area (Å²) in [4.78, 5) is 125. The van der Waals surface area contributed by atoms with Gasteiger partial charge in [0.25, 0.3) is 0 Å². The number of hydrogen-bond acceptors (Lipinski definition) is 18. The maximum Gasteiger partial charge on any atom is 0.327 e. The summed E-state index contributed by atoms with van der Waals surface area (Å²) in [6.07, 6.45) is 0. The number of rotatable bonds is 18. The number of aliphatic carboxylic acids is 3. The number of fused-ring (bicyclic) bond motifs is 1. The average molecular weight is 1100 g/mol. The van der Waals surface area contributed by atoms with E-state index in [0.29, 0.717) is 0 Å². The minimum Gasteiger partial charge on any atom is -0.508 e. The first-order valence-electron chi connectivity index (χ1n) is 23.2. The Bertz CT molecular complexity index is 2770. The largest absolute Gasteiger partial charge is 0.508 e. The maximum absolute atomic E-state index is 15.0. The van der Waals surface area contributed by atoms with Crippen LogP contribution in [0, 0.1) is 0 Å². The third-order valence-corrected chi connectivity index (χ3v) is 17.8. The number of β-lactam (4-membered cyclic amide) rings is 1. The van der Waals surface area contributed by atoms with Gasteiger partial charge < -0.3 is 67.9 Å². The summed E-state index contributed by atoms with van der Waals surface area (Å²) in [6, 6.07) is 1.99. The number of carboxylic acid groups (broad SMARTS) is 3. The highest BCUT2D eigenvalue weighted by atomic mass is 32.2. The standard InChI is InChI=1S/C48H57N9O15S3/c1-46(2)31(43(67)68)55-39(73-46)28(52-34(61)25(49)19-7-13-22(58)14-8-19)37(64)50-26(20-9-15-23(59)16-10-20)35(62)53-29(40-56-32(44(69)70)47(3,4)74-40)38(65)51-27(21-11-17-24(60)18-12-21)36(63)54-30-41(66)57-33(45(71)72)48(5,6)75-42(30)57/h7-18,25-33,39-40,42,55-56,58-60H,49H2,1-6H3,(H,50,64)(H,51,65)(H,52,61)(H,53,62)(H,54,63)(H,67,68)(H,69,70)(H,71,72)/t25-,26?,27?,28?,29?,30-,31+,32+,33+,39?,40?,42-/m1/s1. The minimum atomic E-state index is -1.80. The van der Waals surface area contributed by atoms with Gasteiger partial charge in [0, 0.05) is 14.2 Å². The second-order valence-electron chi connectivity index (χ2n) is 19.9. The van der Waals surface area contributed by atoms with Crippen molar-refractivity contribution < 1.29 is 73.8 Å². The summed E-state index contributed by atoms with van der Waals surface area (Å²) in [5, 5.41) is 76.0. The smallest absolute Gasteiger partial charge is 0.327 e. The van der Waals surface area contributed by atoms with Crippen molar-refractivity contribution in [3.63, 3.8) is 0 Å². The van der Waals surface area contributed by atoms with E-state index >= 15 is 0 Å². The van der Waals surface area contributed by atoms with Gasteiger partial charge >= 0.3 is 17.9 Å². The molecule has 4 aliphatic rings. The van der Waals surface area contributed by atoms with Gasteiger partial charge in [0.05, 0.1) is 10.7 Å². The van der Waals surface area contributed by atoms with Crippen LogP contribution in [0.5, 0.6) is 17.2 Å². The summed E-state index contributed by atoms with van der Waals surface area (Å²) in [7, 11) is 0. The molecular formula is C48H57N9O15S3. The van der Waals surface area contributed by atoms with Crippen molar-refractivity contribution >= 4 is 88.6 Å². The molecule has 15 N–H and O–H groups in total. The molecule has 75 heavy (non-hydrogen) atoms. The fraction of sp³-hybridized carbons (Fsp3) is 0.438. The van der Waals surface area contributed by atoms with Gasteiger partial charge in [-0.05, 0) is 94.6 Å². The number of phenolic OH excluding ortho intramolecular Hbond substituents is 3. The van der Waals surface area contributed by atoms with E-state index in [1.54, 1.807) is 41.5 Å².